The maximum absolute atomic E-state index is 5.27. The van der Waals surface area contributed by atoms with Crippen LogP contribution in [0.3, 0.4) is 0 Å². The Kier molecular flexibility index (Phi) is 7.07. The lowest BCUT2D eigenvalue weighted by molar-refractivity contribution is 1.07. The van der Waals surface area contributed by atoms with Crippen molar-refractivity contribution in [2.75, 3.05) is 0 Å². The molecule has 0 amide bonds. The van der Waals surface area contributed by atoms with Gasteiger partial charge in [-0.15, -0.1) is 0 Å². The van der Waals surface area contributed by atoms with E-state index in [2.05, 4.69) is 120 Å². The fourth-order valence-corrected chi connectivity index (χ4v) is 7.76. The first kappa shape index (κ1) is 31.0. The number of pyridine rings is 1. The number of benzene rings is 7. The van der Waals surface area contributed by atoms with Crippen LogP contribution in [0.5, 0.6) is 0 Å². The van der Waals surface area contributed by atoms with Crippen molar-refractivity contribution < 1.29 is 0 Å². The summed E-state index contributed by atoms with van der Waals surface area (Å²) in [5.41, 5.74) is 14.3. The molecule has 10 aromatic rings. The zero-order valence-corrected chi connectivity index (χ0v) is 29.5. The minimum absolute atomic E-state index is 0.628. The van der Waals surface area contributed by atoms with Gasteiger partial charge in [-0.1, -0.05) is 152 Å². The number of para-hydroxylation sites is 3. The van der Waals surface area contributed by atoms with Gasteiger partial charge in [0.1, 0.15) is 5.82 Å². The third kappa shape index (κ3) is 5.23. The third-order valence-corrected chi connectivity index (χ3v) is 10.4. The summed E-state index contributed by atoms with van der Waals surface area (Å²) in [5.74, 6) is 2.80. The summed E-state index contributed by atoms with van der Waals surface area (Å²) in [4.78, 5) is 25.3. The maximum atomic E-state index is 5.27. The van der Waals surface area contributed by atoms with Crippen molar-refractivity contribution in [3.05, 3.63) is 182 Å². The van der Waals surface area contributed by atoms with Crippen LogP contribution in [0.15, 0.2) is 182 Å². The van der Waals surface area contributed by atoms with Gasteiger partial charge in [-0.05, 0) is 41.5 Å². The van der Waals surface area contributed by atoms with Crippen molar-refractivity contribution in [2.24, 2.45) is 0 Å². The number of rotatable bonds is 5. The van der Waals surface area contributed by atoms with E-state index in [1.54, 1.807) is 0 Å². The predicted octanol–water partition coefficient (Wildman–Crippen LogP) is 11.7. The Morgan fingerprint density at radius 2 is 0.891 bits per heavy atom. The molecule has 0 saturated heterocycles. The third-order valence-electron chi connectivity index (χ3n) is 10.4. The van der Waals surface area contributed by atoms with Gasteiger partial charge in [-0.2, -0.15) is 0 Å². The van der Waals surface area contributed by atoms with E-state index in [9.17, 15) is 0 Å². The molecule has 4 heterocycles. The molecule has 6 nitrogen and oxygen atoms in total. The van der Waals surface area contributed by atoms with Gasteiger partial charge in [0.25, 0.3) is 0 Å². The van der Waals surface area contributed by atoms with Crippen LogP contribution in [-0.2, 0) is 0 Å². The summed E-state index contributed by atoms with van der Waals surface area (Å²) < 4.78 is 2.32. The Bertz CT molecular complexity index is 3020. The average Bonchev–Trinajstić information content (AvgIpc) is 3.61. The SMILES string of the molecule is c1ccc(-c2nc(-c3ccccc3)nc(-c3cccc(-c4ccc(-c5nc6cccc7c6n5-c5ccccc5-c5cc6ccccc6nc5-7)cc4)c3)n2)cc1. The molecule has 0 N–H and O–H groups in total. The Hall–Kier alpha value is -7.57. The van der Waals surface area contributed by atoms with Gasteiger partial charge in [0.15, 0.2) is 17.5 Å². The fourth-order valence-electron chi connectivity index (χ4n) is 7.76. The van der Waals surface area contributed by atoms with Crippen molar-refractivity contribution >= 4 is 21.9 Å². The summed E-state index contributed by atoms with van der Waals surface area (Å²) in [6.45, 7) is 0. The molecule has 1 aliphatic rings. The number of imidazole rings is 1. The van der Waals surface area contributed by atoms with Crippen LogP contribution < -0.4 is 0 Å². The number of fused-ring (bicyclic) bond motifs is 6. The smallest absolute Gasteiger partial charge is 0.164 e. The van der Waals surface area contributed by atoms with Crippen LogP contribution in [0.4, 0.5) is 0 Å². The molecule has 11 rings (SSSR count). The van der Waals surface area contributed by atoms with Crippen molar-refractivity contribution in [3.8, 4) is 84.7 Å². The molecule has 6 heteroatoms. The van der Waals surface area contributed by atoms with E-state index in [-0.39, 0.29) is 0 Å². The first-order chi connectivity index (χ1) is 27.2. The maximum Gasteiger partial charge on any atom is 0.164 e. The molecule has 0 bridgehead atoms. The van der Waals surface area contributed by atoms with Gasteiger partial charge in [0.05, 0.1) is 27.9 Å². The van der Waals surface area contributed by atoms with Crippen LogP contribution >= 0.6 is 0 Å². The Balaban J connectivity index is 1.01. The first-order valence-electron chi connectivity index (χ1n) is 18.3. The second-order valence-electron chi connectivity index (χ2n) is 13.7. The van der Waals surface area contributed by atoms with Gasteiger partial charge in [0.2, 0.25) is 0 Å². The lowest BCUT2D eigenvalue weighted by Crippen LogP contribution is -2.00. The summed E-state index contributed by atoms with van der Waals surface area (Å²) in [6, 6.07) is 62.8. The van der Waals surface area contributed by atoms with Crippen LogP contribution in [-0.4, -0.2) is 29.5 Å². The molecule has 0 aliphatic carbocycles. The van der Waals surface area contributed by atoms with E-state index in [0.29, 0.717) is 17.5 Å². The van der Waals surface area contributed by atoms with Crippen LogP contribution in [0.1, 0.15) is 0 Å². The molecule has 1 aliphatic heterocycles. The molecule has 3 aromatic heterocycles. The topological polar surface area (TPSA) is 69.4 Å². The van der Waals surface area contributed by atoms with E-state index in [1.807, 2.05) is 66.7 Å². The highest BCUT2D eigenvalue weighted by atomic mass is 15.1. The summed E-state index contributed by atoms with van der Waals surface area (Å²) in [5, 5.41) is 1.12. The van der Waals surface area contributed by atoms with E-state index < -0.39 is 0 Å². The Morgan fingerprint density at radius 1 is 0.327 bits per heavy atom. The van der Waals surface area contributed by atoms with Gasteiger partial charge in [0, 0.05) is 44.3 Å². The first-order valence-corrected chi connectivity index (χ1v) is 18.3. The monoisotopic (exact) mass is 702 g/mol. The van der Waals surface area contributed by atoms with Gasteiger partial charge >= 0.3 is 0 Å². The molecule has 0 atom stereocenters. The highest BCUT2D eigenvalue weighted by Gasteiger charge is 2.26. The quantitative estimate of drug-likeness (QED) is 0.179. The minimum Gasteiger partial charge on any atom is -0.291 e. The second-order valence-corrected chi connectivity index (χ2v) is 13.7. The number of hydrogen-bond donors (Lipinski definition) is 0. The molecule has 256 valence electrons. The molecule has 0 radical (unpaired) electrons. The van der Waals surface area contributed by atoms with Gasteiger partial charge < -0.3 is 0 Å². The van der Waals surface area contributed by atoms with Crippen LogP contribution in [0, 0.1) is 0 Å². The van der Waals surface area contributed by atoms with E-state index in [0.717, 1.165) is 89.2 Å². The number of nitrogens with zero attached hydrogens (tertiary/aromatic N) is 6. The molecule has 55 heavy (non-hydrogen) atoms. The van der Waals surface area contributed by atoms with Crippen molar-refractivity contribution in [2.45, 2.75) is 0 Å². The molecule has 7 aromatic carbocycles. The highest BCUT2D eigenvalue weighted by molar-refractivity contribution is 6.05. The average molecular weight is 703 g/mol. The summed E-state index contributed by atoms with van der Waals surface area (Å²) >= 11 is 0. The molecule has 0 saturated carbocycles. The van der Waals surface area contributed by atoms with Crippen LogP contribution in [0.25, 0.3) is 107 Å². The van der Waals surface area contributed by atoms with Crippen LogP contribution in [0.2, 0.25) is 0 Å². The minimum atomic E-state index is 0.628. The largest absolute Gasteiger partial charge is 0.291 e. The van der Waals surface area contributed by atoms with Crippen molar-refractivity contribution in [3.63, 3.8) is 0 Å². The molecule has 0 fully saturated rings. The van der Waals surface area contributed by atoms with Crippen molar-refractivity contribution in [1.29, 1.82) is 0 Å². The lowest BCUT2D eigenvalue weighted by Gasteiger charge is -2.14. The number of hydrogen-bond acceptors (Lipinski definition) is 5. The van der Waals surface area contributed by atoms with E-state index in [4.69, 9.17) is 24.9 Å². The van der Waals surface area contributed by atoms with Gasteiger partial charge in [-0.3, -0.25) is 4.57 Å². The lowest BCUT2D eigenvalue weighted by atomic mass is 9.97. The second kappa shape index (κ2) is 12.5. The Morgan fingerprint density at radius 3 is 1.65 bits per heavy atom. The van der Waals surface area contributed by atoms with Crippen molar-refractivity contribution in [1.82, 2.24) is 29.5 Å². The molecular formula is C49H30N6. The molecule has 0 unspecified atom stereocenters. The molecular weight excluding hydrogens is 673 g/mol. The Labute approximate surface area is 317 Å². The summed E-state index contributed by atoms with van der Waals surface area (Å²) in [7, 11) is 0. The summed E-state index contributed by atoms with van der Waals surface area (Å²) in [6.07, 6.45) is 0. The fraction of sp³-hybridized carbons (Fsp3) is 0. The van der Waals surface area contributed by atoms with E-state index >= 15 is 0 Å². The zero-order chi connectivity index (χ0) is 36.3. The molecule has 0 spiro atoms. The van der Waals surface area contributed by atoms with Gasteiger partial charge in [-0.25, -0.2) is 24.9 Å². The van der Waals surface area contributed by atoms with E-state index in [1.165, 1.54) is 0 Å². The number of aromatic nitrogens is 6. The zero-order valence-electron chi connectivity index (χ0n) is 29.5. The predicted molar refractivity (Wildman–Crippen MR) is 221 cm³/mol. The normalized spacial score (nSPS) is 11.6. The standard InChI is InChI=1S/C49H30N6/c1-3-13-32(14-4-1)46-52-47(33-15-5-2-6-16-33)54-48(53-46)37-19-11-18-35(29-37)31-25-27-34(28-26-31)49-51-42-23-12-21-39-44-40(30-36-17-7-9-22-41(36)50-44)38-20-8-10-24-43(38)55(49)45(39)42/h1-30H. The highest BCUT2D eigenvalue weighted by Crippen LogP contribution is 2.45.